The van der Waals surface area contributed by atoms with Crippen molar-refractivity contribution < 1.29 is 9.18 Å². The second-order valence-electron chi connectivity index (χ2n) is 8.26. The Bertz CT molecular complexity index is 835. The van der Waals surface area contributed by atoms with Gasteiger partial charge in [-0.25, -0.2) is 4.39 Å². The van der Waals surface area contributed by atoms with Crippen LogP contribution in [0.5, 0.6) is 0 Å². The van der Waals surface area contributed by atoms with Crippen molar-refractivity contribution in [2.45, 2.75) is 31.7 Å². The summed E-state index contributed by atoms with van der Waals surface area (Å²) in [6.07, 6.45) is 3.52. The van der Waals surface area contributed by atoms with Crippen molar-refractivity contribution in [2.75, 3.05) is 44.2 Å². The van der Waals surface area contributed by atoms with E-state index in [2.05, 4.69) is 14.7 Å². The van der Waals surface area contributed by atoms with E-state index in [1.54, 1.807) is 0 Å². The molecular weight excluding hydrogens is 401 g/mol. The van der Waals surface area contributed by atoms with Gasteiger partial charge in [0.25, 0.3) is 0 Å². The number of carbonyl (C=O) groups is 1. The molecular formula is C24H29ClFN3O. The molecule has 6 heteroatoms. The van der Waals surface area contributed by atoms with Crippen LogP contribution in [0.4, 0.5) is 10.1 Å². The lowest BCUT2D eigenvalue weighted by molar-refractivity contribution is -0.133. The molecule has 0 aromatic heterocycles. The number of hydrogen-bond donors (Lipinski definition) is 0. The number of amides is 1. The molecule has 2 aromatic carbocycles. The normalized spacial score (nSPS) is 20.4. The Kier molecular flexibility index (Phi) is 6.90. The van der Waals surface area contributed by atoms with E-state index in [0.717, 1.165) is 74.8 Å². The highest BCUT2D eigenvalue weighted by Crippen LogP contribution is 2.22. The van der Waals surface area contributed by atoms with Gasteiger partial charge in [0.1, 0.15) is 5.82 Å². The molecule has 2 heterocycles. The van der Waals surface area contributed by atoms with Crippen molar-refractivity contribution in [3.63, 3.8) is 0 Å². The van der Waals surface area contributed by atoms with Gasteiger partial charge in [-0.3, -0.25) is 9.69 Å². The highest BCUT2D eigenvalue weighted by Gasteiger charge is 2.29. The molecule has 0 bridgehead atoms. The number of likely N-dealkylation sites (tertiary alicyclic amines) is 1. The Morgan fingerprint density at radius 3 is 2.37 bits per heavy atom. The summed E-state index contributed by atoms with van der Waals surface area (Å²) >= 11 is 5.94. The summed E-state index contributed by atoms with van der Waals surface area (Å²) in [6, 6.07) is 14.9. The van der Waals surface area contributed by atoms with Crippen molar-refractivity contribution in [2.24, 2.45) is 0 Å². The average molecular weight is 430 g/mol. The van der Waals surface area contributed by atoms with Crippen LogP contribution in [0.3, 0.4) is 0 Å². The van der Waals surface area contributed by atoms with Gasteiger partial charge in [0, 0.05) is 62.4 Å². The fourth-order valence-electron chi connectivity index (χ4n) is 4.54. The van der Waals surface area contributed by atoms with Crippen LogP contribution in [0.15, 0.2) is 48.5 Å². The molecule has 1 amide bonds. The molecule has 0 spiro atoms. The first-order valence-electron chi connectivity index (χ1n) is 10.9. The van der Waals surface area contributed by atoms with E-state index in [-0.39, 0.29) is 11.7 Å². The van der Waals surface area contributed by atoms with Gasteiger partial charge in [-0.2, -0.15) is 0 Å². The summed E-state index contributed by atoms with van der Waals surface area (Å²) < 4.78 is 13.2. The number of aryl methyl sites for hydroxylation is 1. The van der Waals surface area contributed by atoms with Gasteiger partial charge >= 0.3 is 0 Å². The highest BCUT2D eigenvalue weighted by atomic mass is 35.5. The van der Waals surface area contributed by atoms with E-state index in [1.165, 1.54) is 12.1 Å². The zero-order valence-corrected chi connectivity index (χ0v) is 18.0. The van der Waals surface area contributed by atoms with Gasteiger partial charge < -0.3 is 9.80 Å². The minimum absolute atomic E-state index is 0.194. The first-order valence-corrected chi connectivity index (χ1v) is 11.2. The molecule has 1 unspecified atom stereocenters. The van der Waals surface area contributed by atoms with Crippen molar-refractivity contribution >= 4 is 23.2 Å². The maximum atomic E-state index is 13.2. The van der Waals surface area contributed by atoms with E-state index < -0.39 is 0 Å². The lowest BCUT2D eigenvalue weighted by atomic mass is 10.0. The number of nitrogens with zero attached hydrogens (tertiary/aromatic N) is 3. The topological polar surface area (TPSA) is 26.8 Å². The molecule has 1 atom stereocenters. The lowest BCUT2D eigenvalue weighted by Crippen LogP contribution is -2.55. The number of rotatable bonds is 5. The number of anilines is 1. The van der Waals surface area contributed by atoms with Crippen LogP contribution in [0.25, 0.3) is 0 Å². The van der Waals surface area contributed by atoms with Gasteiger partial charge in [0.15, 0.2) is 0 Å². The Morgan fingerprint density at radius 2 is 1.67 bits per heavy atom. The van der Waals surface area contributed by atoms with Gasteiger partial charge in [-0.05, 0) is 61.2 Å². The first kappa shape index (κ1) is 21.1. The molecule has 4 nitrogen and oxygen atoms in total. The standard InChI is InChI=1S/C24H29ClFN3O/c25-20-6-3-19(4-7-20)5-12-24(30)29-13-1-2-23(18-29)28-16-14-27(15-17-28)22-10-8-21(26)9-11-22/h3-4,6-11,23H,1-2,5,12-18H2. The molecule has 0 N–H and O–H groups in total. The molecule has 0 saturated carbocycles. The molecule has 0 aliphatic carbocycles. The zero-order chi connectivity index (χ0) is 20.9. The zero-order valence-electron chi connectivity index (χ0n) is 17.3. The summed E-state index contributed by atoms with van der Waals surface area (Å²) in [5, 5.41) is 0.725. The van der Waals surface area contributed by atoms with E-state index in [0.29, 0.717) is 12.5 Å². The molecule has 160 valence electrons. The number of hydrogen-bond acceptors (Lipinski definition) is 3. The molecule has 2 saturated heterocycles. The molecule has 4 rings (SSSR count). The van der Waals surface area contributed by atoms with E-state index in [4.69, 9.17) is 11.6 Å². The molecule has 0 radical (unpaired) electrons. The second-order valence-corrected chi connectivity index (χ2v) is 8.70. The summed E-state index contributed by atoms with van der Waals surface area (Å²) in [7, 11) is 0. The first-order chi connectivity index (χ1) is 14.6. The Labute approximate surface area is 183 Å². The predicted octanol–water partition coefficient (Wildman–Crippen LogP) is 4.22. The number of piperidine rings is 1. The van der Waals surface area contributed by atoms with Crippen LogP contribution in [-0.2, 0) is 11.2 Å². The molecule has 30 heavy (non-hydrogen) atoms. The minimum atomic E-state index is -0.194. The molecule has 2 aliphatic heterocycles. The van der Waals surface area contributed by atoms with E-state index in [1.807, 2.05) is 36.4 Å². The van der Waals surface area contributed by atoms with Gasteiger partial charge in [0.2, 0.25) is 5.91 Å². The van der Waals surface area contributed by atoms with Crippen LogP contribution in [0, 0.1) is 5.82 Å². The summed E-state index contributed by atoms with van der Waals surface area (Å²) in [5.74, 6) is 0.0556. The molecule has 2 aliphatic rings. The van der Waals surface area contributed by atoms with Crippen LogP contribution in [-0.4, -0.2) is 61.0 Å². The molecule has 2 fully saturated rings. The van der Waals surface area contributed by atoms with Crippen molar-refractivity contribution in [3.8, 4) is 0 Å². The second kappa shape index (κ2) is 9.80. The summed E-state index contributed by atoms with van der Waals surface area (Å²) in [4.78, 5) is 19.7. The third-order valence-corrected chi connectivity index (χ3v) is 6.56. The number of piperazine rings is 1. The fourth-order valence-corrected chi connectivity index (χ4v) is 4.66. The third-order valence-electron chi connectivity index (χ3n) is 6.31. The van der Waals surface area contributed by atoms with E-state index in [9.17, 15) is 9.18 Å². The highest BCUT2D eigenvalue weighted by molar-refractivity contribution is 6.30. The third kappa shape index (κ3) is 5.32. The SMILES string of the molecule is O=C(CCc1ccc(Cl)cc1)N1CCCC(N2CCN(c3ccc(F)cc3)CC2)C1. The van der Waals surface area contributed by atoms with Crippen LogP contribution < -0.4 is 4.90 Å². The smallest absolute Gasteiger partial charge is 0.222 e. The Balaban J connectivity index is 1.26. The quantitative estimate of drug-likeness (QED) is 0.711. The van der Waals surface area contributed by atoms with Crippen molar-refractivity contribution in [1.82, 2.24) is 9.80 Å². The maximum Gasteiger partial charge on any atom is 0.222 e. The predicted molar refractivity (Wildman–Crippen MR) is 120 cm³/mol. The van der Waals surface area contributed by atoms with Crippen LogP contribution >= 0.6 is 11.6 Å². The Hall–Kier alpha value is -2.11. The van der Waals surface area contributed by atoms with Crippen LogP contribution in [0.1, 0.15) is 24.8 Å². The Morgan fingerprint density at radius 1 is 0.967 bits per heavy atom. The fraction of sp³-hybridized carbons (Fsp3) is 0.458. The average Bonchev–Trinajstić information content (AvgIpc) is 2.79. The summed E-state index contributed by atoms with van der Waals surface area (Å²) in [5.41, 5.74) is 2.23. The summed E-state index contributed by atoms with van der Waals surface area (Å²) in [6.45, 7) is 5.53. The number of halogens is 2. The maximum absolute atomic E-state index is 13.2. The molecule has 2 aromatic rings. The van der Waals surface area contributed by atoms with Crippen molar-refractivity contribution in [3.05, 3.63) is 64.9 Å². The lowest BCUT2D eigenvalue weighted by Gasteiger charge is -2.44. The monoisotopic (exact) mass is 429 g/mol. The number of carbonyl (C=O) groups excluding carboxylic acids is 1. The van der Waals surface area contributed by atoms with Gasteiger partial charge in [-0.15, -0.1) is 0 Å². The van der Waals surface area contributed by atoms with Gasteiger partial charge in [0.05, 0.1) is 0 Å². The van der Waals surface area contributed by atoms with Crippen molar-refractivity contribution in [1.29, 1.82) is 0 Å². The number of benzene rings is 2. The van der Waals surface area contributed by atoms with Gasteiger partial charge in [-0.1, -0.05) is 23.7 Å². The van der Waals surface area contributed by atoms with Crippen LogP contribution in [0.2, 0.25) is 5.02 Å². The largest absolute Gasteiger partial charge is 0.369 e. The van der Waals surface area contributed by atoms with E-state index >= 15 is 0 Å². The minimum Gasteiger partial charge on any atom is -0.369 e.